The van der Waals surface area contributed by atoms with Crippen LogP contribution in [0.4, 0.5) is 5.69 Å². The van der Waals surface area contributed by atoms with Gasteiger partial charge in [-0.15, -0.1) is 0 Å². The topological polar surface area (TPSA) is 41.3 Å². The number of nitrogens with zero attached hydrogens (tertiary/aromatic N) is 1. The molecule has 104 valence electrons. The van der Waals surface area contributed by atoms with Gasteiger partial charge in [0.1, 0.15) is 4.99 Å². The number of halogens is 1. The van der Waals surface area contributed by atoms with Gasteiger partial charge in [-0.3, -0.25) is 0 Å². The van der Waals surface area contributed by atoms with Crippen LogP contribution in [-0.4, -0.2) is 36.1 Å². The van der Waals surface area contributed by atoms with E-state index in [0.717, 1.165) is 35.2 Å². The highest BCUT2D eigenvalue weighted by Crippen LogP contribution is 2.26. The quantitative estimate of drug-likeness (QED) is 0.829. The highest BCUT2D eigenvalue weighted by molar-refractivity contribution is 9.10. The predicted molar refractivity (Wildman–Crippen MR) is 88.7 cm³/mol. The van der Waals surface area contributed by atoms with Crippen LogP contribution in [0.2, 0.25) is 0 Å². The molecule has 0 spiro atoms. The summed E-state index contributed by atoms with van der Waals surface area (Å²) in [4.78, 5) is 2.81. The molecule has 0 bridgehead atoms. The number of likely N-dealkylation sites (tertiary alicyclic amines) is 1. The SMILES string of the molecule is CC1CN(C)CCC1Nc1cc(Br)ccc1C(N)=S. The zero-order valence-corrected chi connectivity index (χ0v) is 13.7. The van der Waals surface area contributed by atoms with Gasteiger partial charge in [-0.2, -0.15) is 0 Å². The molecule has 0 saturated carbocycles. The molecule has 0 aliphatic carbocycles. The van der Waals surface area contributed by atoms with Crippen LogP contribution in [0.3, 0.4) is 0 Å². The molecule has 3 nitrogen and oxygen atoms in total. The summed E-state index contributed by atoms with van der Waals surface area (Å²) in [5.41, 5.74) is 7.75. The van der Waals surface area contributed by atoms with Crippen molar-refractivity contribution in [3.8, 4) is 0 Å². The van der Waals surface area contributed by atoms with E-state index in [1.807, 2.05) is 12.1 Å². The predicted octanol–water partition coefficient (Wildman–Crippen LogP) is 2.84. The van der Waals surface area contributed by atoms with Crippen LogP contribution in [0.25, 0.3) is 0 Å². The van der Waals surface area contributed by atoms with Crippen LogP contribution in [0.15, 0.2) is 22.7 Å². The first-order valence-corrected chi connectivity index (χ1v) is 7.72. The van der Waals surface area contributed by atoms with Crippen molar-refractivity contribution in [2.24, 2.45) is 11.7 Å². The van der Waals surface area contributed by atoms with E-state index in [2.05, 4.69) is 46.2 Å². The van der Waals surface area contributed by atoms with Crippen LogP contribution in [0.5, 0.6) is 0 Å². The van der Waals surface area contributed by atoms with Crippen molar-refractivity contribution in [1.82, 2.24) is 4.90 Å². The monoisotopic (exact) mass is 341 g/mol. The van der Waals surface area contributed by atoms with Gasteiger partial charge in [0.25, 0.3) is 0 Å². The summed E-state index contributed by atoms with van der Waals surface area (Å²) in [5, 5.41) is 3.62. The van der Waals surface area contributed by atoms with Crippen molar-refractivity contribution in [2.45, 2.75) is 19.4 Å². The molecule has 1 aliphatic rings. The van der Waals surface area contributed by atoms with Crippen molar-refractivity contribution in [1.29, 1.82) is 0 Å². The molecule has 1 saturated heterocycles. The molecule has 2 unspecified atom stereocenters. The van der Waals surface area contributed by atoms with E-state index in [-0.39, 0.29) is 0 Å². The van der Waals surface area contributed by atoms with E-state index in [4.69, 9.17) is 18.0 Å². The van der Waals surface area contributed by atoms with Crippen molar-refractivity contribution in [2.75, 3.05) is 25.5 Å². The maximum atomic E-state index is 5.79. The van der Waals surface area contributed by atoms with E-state index in [0.29, 0.717) is 16.9 Å². The molecule has 1 fully saturated rings. The highest BCUT2D eigenvalue weighted by atomic mass is 79.9. The number of rotatable bonds is 3. The van der Waals surface area contributed by atoms with Gasteiger partial charge in [-0.05, 0) is 44.1 Å². The Balaban J connectivity index is 2.18. The van der Waals surface area contributed by atoms with E-state index < -0.39 is 0 Å². The van der Waals surface area contributed by atoms with Gasteiger partial charge in [-0.1, -0.05) is 35.1 Å². The molecule has 1 heterocycles. The molecule has 0 radical (unpaired) electrons. The van der Waals surface area contributed by atoms with Gasteiger partial charge < -0.3 is 16.0 Å². The molecule has 2 atom stereocenters. The van der Waals surface area contributed by atoms with Gasteiger partial charge in [0.15, 0.2) is 0 Å². The van der Waals surface area contributed by atoms with E-state index >= 15 is 0 Å². The first kappa shape index (κ1) is 14.8. The Labute approximate surface area is 128 Å². The molecular formula is C14H20BrN3S. The molecule has 0 aromatic heterocycles. The first-order chi connectivity index (χ1) is 8.97. The minimum atomic E-state index is 0.440. The summed E-state index contributed by atoms with van der Waals surface area (Å²) < 4.78 is 1.04. The molecule has 2 rings (SSSR count). The van der Waals surface area contributed by atoms with Gasteiger partial charge in [0, 0.05) is 28.3 Å². The summed E-state index contributed by atoms with van der Waals surface area (Å²) in [6, 6.07) is 6.46. The van der Waals surface area contributed by atoms with Crippen LogP contribution >= 0.6 is 28.1 Å². The number of thiocarbonyl (C=S) groups is 1. The van der Waals surface area contributed by atoms with Crippen molar-refractivity contribution in [3.63, 3.8) is 0 Å². The summed E-state index contributed by atoms with van der Waals surface area (Å²) in [6.07, 6.45) is 1.14. The van der Waals surface area contributed by atoms with E-state index in [1.165, 1.54) is 0 Å². The van der Waals surface area contributed by atoms with E-state index in [1.54, 1.807) is 0 Å². The second-order valence-corrected chi connectivity index (χ2v) is 6.69. The lowest BCUT2D eigenvalue weighted by Gasteiger charge is -2.36. The van der Waals surface area contributed by atoms with Gasteiger partial charge in [0.2, 0.25) is 0 Å². The maximum absolute atomic E-state index is 5.79. The number of nitrogens with two attached hydrogens (primary N) is 1. The third-order valence-electron chi connectivity index (χ3n) is 3.70. The largest absolute Gasteiger partial charge is 0.389 e. The average Bonchev–Trinajstić information content (AvgIpc) is 2.32. The number of benzene rings is 1. The Kier molecular flexibility index (Phi) is 4.81. The molecule has 1 aromatic carbocycles. The number of hydrogen-bond donors (Lipinski definition) is 2. The smallest absolute Gasteiger partial charge is 0.106 e. The number of piperidine rings is 1. The molecule has 5 heteroatoms. The Morgan fingerprint density at radius 1 is 1.53 bits per heavy atom. The lowest BCUT2D eigenvalue weighted by atomic mass is 9.93. The van der Waals surface area contributed by atoms with Crippen LogP contribution in [0, 0.1) is 5.92 Å². The van der Waals surface area contributed by atoms with Crippen LogP contribution in [-0.2, 0) is 0 Å². The minimum Gasteiger partial charge on any atom is -0.389 e. The number of nitrogens with one attached hydrogen (secondary N) is 1. The third kappa shape index (κ3) is 3.68. The van der Waals surface area contributed by atoms with Crippen LogP contribution in [0.1, 0.15) is 18.9 Å². The van der Waals surface area contributed by atoms with E-state index in [9.17, 15) is 0 Å². The summed E-state index contributed by atoms with van der Waals surface area (Å²) in [5.74, 6) is 0.608. The van der Waals surface area contributed by atoms with Crippen molar-refractivity contribution in [3.05, 3.63) is 28.2 Å². The molecule has 3 N–H and O–H groups in total. The van der Waals surface area contributed by atoms with Gasteiger partial charge >= 0.3 is 0 Å². The van der Waals surface area contributed by atoms with Crippen molar-refractivity contribution < 1.29 is 0 Å². The highest BCUT2D eigenvalue weighted by Gasteiger charge is 2.24. The average molecular weight is 342 g/mol. The molecule has 1 aromatic rings. The first-order valence-electron chi connectivity index (χ1n) is 6.52. The molecular weight excluding hydrogens is 322 g/mol. The fourth-order valence-corrected chi connectivity index (χ4v) is 3.16. The fourth-order valence-electron chi connectivity index (χ4n) is 2.62. The number of anilines is 1. The normalized spacial score (nSPS) is 24.2. The second kappa shape index (κ2) is 6.20. The molecule has 19 heavy (non-hydrogen) atoms. The molecule has 0 amide bonds. The van der Waals surface area contributed by atoms with Crippen molar-refractivity contribution >= 4 is 38.8 Å². The summed E-state index contributed by atoms with van der Waals surface area (Å²) in [6.45, 7) is 4.53. The summed E-state index contributed by atoms with van der Waals surface area (Å²) >= 11 is 8.63. The van der Waals surface area contributed by atoms with Gasteiger partial charge in [0.05, 0.1) is 0 Å². The lowest BCUT2D eigenvalue weighted by Crippen LogP contribution is -2.43. The zero-order chi connectivity index (χ0) is 14.0. The Morgan fingerprint density at radius 2 is 2.26 bits per heavy atom. The molecule has 1 aliphatic heterocycles. The zero-order valence-electron chi connectivity index (χ0n) is 11.3. The Bertz CT molecular complexity index is 478. The fraction of sp³-hybridized carbons (Fsp3) is 0.500. The minimum absolute atomic E-state index is 0.440. The lowest BCUT2D eigenvalue weighted by molar-refractivity contribution is 0.206. The maximum Gasteiger partial charge on any atom is 0.106 e. The Hall–Kier alpha value is -0.650. The van der Waals surface area contributed by atoms with Crippen LogP contribution < -0.4 is 11.1 Å². The Morgan fingerprint density at radius 3 is 2.89 bits per heavy atom. The second-order valence-electron chi connectivity index (χ2n) is 5.33. The number of hydrogen-bond acceptors (Lipinski definition) is 3. The third-order valence-corrected chi connectivity index (χ3v) is 4.41. The van der Waals surface area contributed by atoms with Gasteiger partial charge in [-0.25, -0.2) is 0 Å². The summed E-state index contributed by atoms with van der Waals surface area (Å²) in [7, 11) is 2.17. The standard InChI is InChI=1S/C14H20BrN3S/c1-9-8-18(2)6-5-12(9)17-13-7-10(15)3-4-11(13)14(16)19/h3-4,7,9,12,17H,5-6,8H2,1-2H3,(H2,16,19).